The van der Waals surface area contributed by atoms with E-state index in [2.05, 4.69) is 40.0 Å². The number of carbonyl (C=O) groups is 1. The first-order valence-corrected chi connectivity index (χ1v) is 7.17. The summed E-state index contributed by atoms with van der Waals surface area (Å²) in [4.78, 5) is 10.5. The maximum Gasteiger partial charge on any atom is 0.328 e. The minimum atomic E-state index is -0.906. The molecule has 20 heavy (non-hydrogen) atoms. The highest BCUT2D eigenvalue weighted by Crippen LogP contribution is 2.48. The van der Waals surface area contributed by atoms with Crippen LogP contribution >= 0.6 is 0 Å². The van der Waals surface area contributed by atoms with Crippen molar-refractivity contribution in [2.24, 2.45) is 17.3 Å². The summed E-state index contributed by atoms with van der Waals surface area (Å²) >= 11 is 0. The topological polar surface area (TPSA) is 37.3 Å². The number of carboxylic acid groups (broad SMARTS) is 1. The van der Waals surface area contributed by atoms with E-state index in [0.717, 1.165) is 19.3 Å². The van der Waals surface area contributed by atoms with E-state index in [4.69, 9.17) is 5.11 Å². The van der Waals surface area contributed by atoms with Gasteiger partial charge in [0.15, 0.2) is 0 Å². The monoisotopic (exact) mass is 274 g/mol. The van der Waals surface area contributed by atoms with Crippen molar-refractivity contribution >= 4 is 5.97 Å². The molecule has 0 aliphatic heterocycles. The van der Waals surface area contributed by atoms with E-state index < -0.39 is 5.97 Å². The van der Waals surface area contributed by atoms with Crippen LogP contribution in [0, 0.1) is 17.3 Å². The Morgan fingerprint density at radius 2 is 2.05 bits per heavy atom. The van der Waals surface area contributed by atoms with Gasteiger partial charge in [0.25, 0.3) is 0 Å². The lowest BCUT2D eigenvalue weighted by atomic mass is 9.61. The van der Waals surface area contributed by atoms with Crippen LogP contribution in [0.1, 0.15) is 40.0 Å². The quantitative estimate of drug-likeness (QED) is 0.446. The number of hydrogen-bond acceptors (Lipinski definition) is 1. The molecule has 1 unspecified atom stereocenters. The summed E-state index contributed by atoms with van der Waals surface area (Å²) in [6.07, 6.45) is 10.1. The molecule has 2 nitrogen and oxygen atoms in total. The van der Waals surface area contributed by atoms with Crippen LogP contribution in [0.4, 0.5) is 0 Å². The fourth-order valence-electron chi connectivity index (χ4n) is 3.17. The number of hydrogen-bond donors (Lipinski definition) is 1. The van der Waals surface area contributed by atoms with Crippen molar-refractivity contribution in [3.05, 3.63) is 48.6 Å². The Hall–Kier alpha value is -1.57. The summed E-state index contributed by atoms with van der Waals surface area (Å²) < 4.78 is 0. The van der Waals surface area contributed by atoms with E-state index in [1.165, 1.54) is 17.2 Å². The van der Waals surface area contributed by atoms with Crippen LogP contribution in [0.5, 0.6) is 0 Å². The van der Waals surface area contributed by atoms with Crippen LogP contribution in [0.3, 0.4) is 0 Å². The molecule has 1 saturated carbocycles. The van der Waals surface area contributed by atoms with Crippen LogP contribution in [0.15, 0.2) is 48.6 Å². The normalized spacial score (nSPS) is 31.2. The molecule has 0 radical (unpaired) electrons. The van der Waals surface area contributed by atoms with Gasteiger partial charge < -0.3 is 5.11 Å². The van der Waals surface area contributed by atoms with Crippen LogP contribution in [-0.2, 0) is 4.79 Å². The Balaban J connectivity index is 2.84. The maximum atomic E-state index is 10.5. The Kier molecular flexibility index (Phi) is 5.55. The maximum absolute atomic E-state index is 10.5. The van der Waals surface area contributed by atoms with E-state index >= 15 is 0 Å². The van der Waals surface area contributed by atoms with Crippen LogP contribution in [-0.4, -0.2) is 11.1 Å². The van der Waals surface area contributed by atoms with E-state index in [1.54, 1.807) is 6.08 Å². The number of allylic oxidation sites excluding steroid dienone is 5. The first-order valence-electron chi connectivity index (χ1n) is 7.17. The minimum Gasteiger partial charge on any atom is -0.478 e. The molecule has 110 valence electrons. The van der Waals surface area contributed by atoms with Crippen molar-refractivity contribution in [3.8, 4) is 0 Å². The number of rotatable bonds is 5. The average Bonchev–Trinajstić information content (AvgIpc) is 2.38. The van der Waals surface area contributed by atoms with Gasteiger partial charge in [-0.05, 0) is 50.4 Å². The van der Waals surface area contributed by atoms with Crippen LogP contribution in [0.25, 0.3) is 0 Å². The summed E-state index contributed by atoms with van der Waals surface area (Å²) in [5.41, 5.74) is 2.60. The van der Waals surface area contributed by atoms with Crippen molar-refractivity contribution in [1.29, 1.82) is 0 Å². The molecule has 0 saturated heterocycles. The second kappa shape index (κ2) is 6.74. The molecule has 0 bridgehead atoms. The lowest BCUT2D eigenvalue weighted by Crippen LogP contribution is -2.33. The highest BCUT2D eigenvalue weighted by molar-refractivity contribution is 5.80. The molecule has 1 rings (SSSR count). The van der Waals surface area contributed by atoms with E-state index in [-0.39, 0.29) is 5.41 Å². The van der Waals surface area contributed by atoms with E-state index in [0.29, 0.717) is 11.8 Å². The second-order valence-electron chi connectivity index (χ2n) is 6.19. The summed E-state index contributed by atoms with van der Waals surface area (Å²) in [5, 5.41) is 8.61. The predicted octanol–water partition coefficient (Wildman–Crippen LogP) is 4.76. The summed E-state index contributed by atoms with van der Waals surface area (Å²) in [7, 11) is 0. The fraction of sp³-hybridized carbons (Fsp3) is 0.500. The number of carboxylic acids is 1. The SMILES string of the molecule is C=C[C@@]1(C)CCC(/C(C)=C/C=C/C(=O)O)C[C@@H]1C(=C)C. The molecule has 1 aliphatic carbocycles. The molecule has 0 spiro atoms. The molecule has 0 heterocycles. The van der Waals surface area contributed by atoms with Gasteiger partial charge in [0, 0.05) is 6.08 Å². The lowest BCUT2D eigenvalue weighted by Gasteiger charge is -2.43. The molecule has 1 fully saturated rings. The Bertz CT molecular complexity index is 456. The third-order valence-corrected chi connectivity index (χ3v) is 4.65. The van der Waals surface area contributed by atoms with Gasteiger partial charge in [-0.25, -0.2) is 4.79 Å². The van der Waals surface area contributed by atoms with Gasteiger partial charge in [-0.3, -0.25) is 0 Å². The largest absolute Gasteiger partial charge is 0.478 e. The number of aliphatic carboxylic acids is 1. The van der Waals surface area contributed by atoms with Gasteiger partial charge in [0.05, 0.1) is 0 Å². The van der Waals surface area contributed by atoms with Gasteiger partial charge >= 0.3 is 5.97 Å². The van der Waals surface area contributed by atoms with Crippen molar-refractivity contribution in [2.75, 3.05) is 0 Å². The molecule has 1 N–H and O–H groups in total. The van der Waals surface area contributed by atoms with Gasteiger partial charge in [-0.2, -0.15) is 0 Å². The van der Waals surface area contributed by atoms with E-state index in [9.17, 15) is 4.79 Å². The van der Waals surface area contributed by atoms with Crippen molar-refractivity contribution < 1.29 is 9.90 Å². The molecule has 2 heteroatoms. The third kappa shape index (κ3) is 3.96. The molecule has 0 aromatic rings. The zero-order chi connectivity index (χ0) is 15.3. The van der Waals surface area contributed by atoms with Gasteiger partial charge in [-0.15, -0.1) is 6.58 Å². The van der Waals surface area contributed by atoms with Crippen LogP contribution in [0.2, 0.25) is 0 Å². The molecule has 0 amide bonds. The zero-order valence-electron chi connectivity index (χ0n) is 12.9. The Morgan fingerprint density at radius 1 is 1.40 bits per heavy atom. The highest BCUT2D eigenvalue weighted by atomic mass is 16.4. The van der Waals surface area contributed by atoms with Gasteiger partial charge in [0.1, 0.15) is 0 Å². The first-order chi connectivity index (χ1) is 9.30. The van der Waals surface area contributed by atoms with Crippen LogP contribution < -0.4 is 0 Å². The molecule has 1 aliphatic rings. The van der Waals surface area contributed by atoms with Gasteiger partial charge in [0.2, 0.25) is 0 Å². The summed E-state index contributed by atoms with van der Waals surface area (Å²) in [6, 6.07) is 0. The zero-order valence-corrected chi connectivity index (χ0v) is 12.9. The minimum absolute atomic E-state index is 0.138. The van der Waals surface area contributed by atoms with E-state index in [1.807, 2.05) is 6.08 Å². The van der Waals surface area contributed by atoms with Gasteiger partial charge in [-0.1, -0.05) is 42.9 Å². The summed E-state index contributed by atoms with van der Waals surface area (Å²) in [5.74, 6) is 0.0467. The predicted molar refractivity (Wildman–Crippen MR) is 84.5 cm³/mol. The molecular weight excluding hydrogens is 248 g/mol. The lowest BCUT2D eigenvalue weighted by molar-refractivity contribution is -0.131. The Morgan fingerprint density at radius 3 is 2.55 bits per heavy atom. The standard InChI is InChI=1S/C18H26O2/c1-6-18(5)11-10-15(12-16(18)13(2)3)14(4)8-7-9-17(19)20/h6-9,15-16H,1-2,10-12H2,3-5H3,(H,19,20)/b9-7+,14-8+/t15?,16-,18+/m1/s1. The average molecular weight is 274 g/mol. The highest BCUT2D eigenvalue weighted by Gasteiger charge is 2.38. The molecule has 0 aromatic carbocycles. The van der Waals surface area contributed by atoms with Crippen molar-refractivity contribution in [2.45, 2.75) is 40.0 Å². The van der Waals surface area contributed by atoms with Crippen molar-refractivity contribution in [3.63, 3.8) is 0 Å². The smallest absolute Gasteiger partial charge is 0.328 e. The molecule has 0 aromatic heterocycles. The van der Waals surface area contributed by atoms with Crippen molar-refractivity contribution in [1.82, 2.24) is 0 Å². The molecule has 3 atom stereocenters. The first kappa shape index (κ1) is 16.5. The second-order valence-corrected chi connectivity index (χ2v) is 6.19. The summed E-state index contributed by atoms with van der Waals surface area (Å²) in [6.45, 7) is 14.6. The third-order valence-electron chi connectivity index (χ3n) is 4.65. The fourth-order valence-corrected chi connectivity index (χ4v) is 3.17. The molecular formula is C18H26O2. The Labute approximate surface area is 122 Å².